The van der Waals surface area contributed by atoms with Gasteiger partial charge in [0.25, 0.3) is 5.91 Å². The van der Waals surface area contributed by atoms with Crippen molar-refractivity contribution in [2.24, 2.45) is 0 Å². The summed E-state index contributed by atoms with van der Waals surface area (Å²) in [6, 6.07) is 11.8. The quantitative estimate of drug-likeness (QED) is 0.940. The number of pyridine rings is 1. The van der Waals surface area contributed by atoms with Gasteiger partial charge in [0.1, 0.15) is 5.69 Å². The minimum absolute atomic E-state index is 0.0410. The van der Waals surface area contributed by atoms with Gasteiger partial charge in [-0.3, -0.25) is 9.78 Å². The van der Waals surface area contributed by atoms with Gasteiger partial charge >= 0.3 is 0 Å². The van der Waals surface area contributed by atoms with Crippen LogP contribution in [-0.2, 0) is 11.2 Å². The third-order valence-electron chi connectivity index (χ3n) is 4.67. The normalized spacial score (nSPS) is 19.3. The van der Waals surface area contributed by atoms with E-state index >= 15 is 0 Å². The molecule has 24 heavy (non-hydrogen) atoms. The zero-order valence-electron chi connectivity index (χ0n) is 13.6. The maximum Gasteiger partial charge on any atom is 0.276 e. The van der Waals surface area contributed by atoms with Crippen molar-refractivity contribution in [3.63, 3.8) is 0 Å². The third kappa shape index (κ3) is 2.99. The van der Waals surface area contributed by atoms with E-state index < -0.39 is 0 Å². The zero-order valence-corrected chi connectivity index (χ0v) is 13.6. The number of rotatable bonds is 4. The maximum absolute atomic E-state index is 12.8. The van der Waals surface area contributed by atoms with Crippen molar-refractivity contribution in [2.45, 2.75) is 25.4 Å². The lowest BCUT2D eigenvalue weighted by Crippen LogP contribution is -2.29. The van der Waals surface area contributed by atoms with Gasteiger partial charge in [-0.25, -0.2) is 0 Å². The number of carbonyl (C=O) groups excluding carboxylic acids is 1. The fourth-order valence-electron chi connectivity index (χ4n) is 3.38. The van der Waals surface area contributed by atoms with Crippen LogP contribution < -0.4 is 10.2 Å². The summed E-state index contributed by atoms with van der Waals surface area (Å²) in [4.78, 5) is 18.9. The number of fused-ring (bicyclic) bond motifs is 1. The predicted molar refractivity (Wildman–Crippen MR) is 93.5 cm³/mol. The lowest BCUT2D eigenvalue weighted by Gasteiger charge is -2.17. The highest BCUT2D eigenvalue weighted by molar-refractivity contribution is 6.06. The molecule has 0 spiro atoms. The summed E-state index contributed by atoms with van der Waals surface area (Å²) < 4.78 is 5.62. The lowest BCUT2D eigenvalue weighted by molar-refractivity contribution is 0.0984. The van der Waals surface area contributed by atoms with Gasteiger partial charge in [0.15, 0.2) is 0 Å². The standard InChI is InChI=1S/C19H21N3O2/c23-19(22-10-8-14-4-1-2-6-18(14)22)17-12-15(7-9-20-17)21-13-16-5-3-11-24-16/h1-2,4,6-7,9,12,16H,3,5,8,10-11,13H2,(H,20,21). The van der Waals surface area contributed by atoms with Crippen LogP contribution in [-0.4, -0.2) is 36.7 Å². The SMILES string of the molecule is O=C(c1cc(NCC2CCCO2)ccn1)N1CCc2ccccc21. The summed E-state index contributed by atoms with van der Waals surface area (Å²) in [5, 5.41) is 3.36. The second-order valence-electron chi connectivity index (χ2n) is 6.28. The van der Waals surface area contributed by atoms with Crippen molar-refractivity contribution in [1.82, 2.24) is 4.98 Å². The van der Waals surface area contributed by atoms with E-state index in [0.717, 1.165) is 43.8 Å². The summed E-state index contributed by atoms with van der Waals surface area (Å²) in [6.45, 7) is 2.33. The van der Waals surface area contributed by atoms with Gasteiger partial charge < -0.3 is 15.0 Å². The van der Waals surface area contributed by atoms with Crippen LogP contribution in [0.3, 0.4) is 0 Å². The van der Waals surface area contributed by atoms with Crippen molar-refractivity contribution in [3.05, 3.63) is 53.9 Å². The van der Waals surface area contributed by atoms with Gasteiger partial charge in [-0.15, -0.1) is 0 Å². The molecule has 1 unspecified atom stereocenters. The molecular weight excluding hydrogens is 302 g/mol. The second-order valence-corrected chi connectivity index (χ2v) is 6.28. The monoisotopic (exact) mass is 323 g/mol. The first-order valence-corrected chi connectivity index (χ1v) is 8.52. The number of hydrogen-bond acceptors (Lipinski definition) is 4. The summed E-state index contributed by atoms with van der Waals surface area (Å²) in [6.07, 6.45) is 5.07. The van der Waals surface area contributed by atoms with E-state index in [1.807, 2.05) is 35.2 Å². The second kappa shape index (κ2) is 6.61. The number of hydrogen-bond donors (Lipinski definition) is 1. The molecule has 2 aliphatic heterocycles. The predicted octanol–water partition coefficient (Wildman–Crippen LogP) is 2.88. The molecule has 3 heterocycles. The highest BCUT2D eigenvalue weighted by Gasteiger charge is 2.26. The Morgan fingerprint density at radius 3 is 3.12 bits per heavy atom. The van der Waals surface area contributed by atoms with Crippen LogP contribution in [0.25, 0.3) is 0 Å². The Kier molecular flexibility index (Phi) is 4.17. The minimum atomic E-state index is -0.0410. The molecule has 1 aromatic carbocycles. The highest BCUT2D eigenvalue weighted by Crippen LogP contribution is 2.28. The van der Waals surface area contributed by atoms with E-state index in [2.05, 4.69) is 16.4 Å². The first-order valence-electron chi connectivity index (χ1n) is 8.52. The maximum atomic E-state index is 12.8. The van der Waals surface area contributed by atoms with Crippen LogP contribution in [0.1, 0.15) is 28.9 Å². The summed E-state index contributed by atoms with van der Waals surface area (Å²) in [5.74, 6) is -0.0410. The first kappa shape index (κ1) is 15.1. The van der Waals surface area contributed by atoms with Crippen LogP contribution in [0.15, 0.2) is 42.6 Å². The van der Waals surface area contributed by atoms with Crippen molar-refractivity contribution in [2.75, 3.05) is 29.9 Å². The molecule has 124 valence electrons. The first-order chi connectivity index (χ1) is 11.8. The molecule has 0 saturated carbocycles. The largest absolute Gasteiger partial charge is 0.382 e. The Labute approximate surface area is 141 Å². The summed E-state index contributed by atoms with van der Waals surface area (Å²) in [5.41, 5.74) is 3.61. The van der Waals surface area contributed by atoms with Crippen LogP contribution in [0.4, 0.5) is 11.4 Å². The van der Waals surface area contributed by atoms with Crippen molar-refractivity contribution < 1.29 is 9.53 Å². The number of anilines is 2. The van der Waals surface area contributed by atoms with Gasteiger partial charge in [0.2, 0.25) is 0 Å². The fraction of sp³-hybridized carbons (Fsp3) is 0.368. The van der Waals surface area contributed by atoms with Gasteiger partial charge in [-0.05, 0) is 43.0 Å². The Hall–Kier alpha value is -2.40. The van der Waals surface area contributed by atoms with Gasteiger partial charge in [0, 0.05) is 37.3 Å². The van der Waals surface area contributed by atoms with Crippen LogP contribution >= 0.6 is 0 Å². The average molecular weight is 323 g/mol. The molecule has 1 fully saturated rings. The number of amides is 1. The van der Waals surface area contributed by atoms with Crippen molar-refractivity contribution in [3.8, 4) is 0 Å². The highest BCUT2D eigenvalue weighted by atomic mass is 16.5. The molecular formula is C19H21N3O2. The number of nitrogens with zero attached hydrogens (tertiary/aromatic N) is 2. The number of benzene rings is 1. The molecule has 1 aromatic heterocycles. The lowest BCUT2D eigenvalue weighted by atomic mass is 10.2. The molecule has 1 atom stereocenters. The van der Waals surface area contributed by atoms with Crippen LogP contribution in [0, 0.1) is 0 Å². The number of aromatic nitrogens is 1. The van der Waals surface area contributed by atoms with Gasteiger partial charge in [-0.1, -0.05) is 18.2 Å². The van der Waals surface area contributed by atoms with Crippen molar-refractivity contribution >= 4 is 17.3 Å². The molecule has 2 aromatic rings. The van der Waals surface area contributed by atoms with Gasteiger partial charge in [0.05, 0.1) is 6.10 Å². The van der Waals surface area contributed by atoms with Crippen LogP contribution in [0.5, 0.6) is 0 Å². The average Bonchev–Trinajstić information content (AvgIpc) is 3.29. The molecule has 2 aliphatic rings. The summed E-state index contributed by atoms with van der Waals surface area (Å²) >= 11 is 0. The topological polar surface area (TPSA) is 54.5 Å². The van der Waals surface area contributed by atoms with E-state index in [4.69, 9.17) is 4.74 Å². The van der Waals surface area contributed by atoms with Gasteiger partial charge in [-0.2, -0.15) is 0 Å². The molecule has 1 N–H and O–H groups in total. The Morgan fingerprint density at radius 2 is 2.25 bits per heavy atom. The van der Waals surface area contributed by atoms with E-state index in [9.17, 15) is 4.79 Å². The molecule has 0 bridgehead atoms. The molecule has 1 amide bonds. The molecule has 5 nitrogen and oxygen atoms in total. The van der Waals surface area contributed by atoms with Crippen LogP contribution in [0.2, 0.25) is 0 Å². The summed E-state index contributed by atoms with van der Waals surface area (Å²) in [7, 11) is 0. The molecule has 5 heteroatoms. The van der Waals surface area contributed by atoms with E-state index in [-0.39, 0.29) is 12.0 Å². The number of ether oxygens (including phenoxy) is 1. The third-order valence-corrected chi connectivity index (χ3v) is 4.67. The van der Waals surface area contributed by atoms with E-state index in [0.29, 0.717) is 12.2 Å². The Balaban J connectivity index is 1.48. The molecule has 1 saturated heterocycles. The smallest absolute Gasteiger partial charge is 0.276 e. The fourth-order valence-corrected chi connectivity index (χ4v) is 3.38. The Bertz CT molecular complexity index is 741. The zero-order chi connectivity index (χ0) is 16.4. The Morgan fingerprint density at radius 1 is 1.33 bits per heavy atom. The van der Waals surface area contributed by atoms with E-state index in [1.165, 1.54) is 5.56 Å². The molecule has 0 radical (unpaired) electrons. The van der Waals surface area contributed by atoms with E-state index in [1.54, 1.807) is 6.20 Å². The van der Waals surface area contributed by atoms with Crippen molar-refractivity contribution in [1.29, 1.82) is 0 Å². The molecule has 0 aliphatic carbocycles. The number of carbonyl (C=O) groups is 1. The molecule has 4 rings (SSSR count). The number of para-hydroxylation sites is 1. The minimum Gasteiger partial charge on any atom is -0.382 e. The number of nitrogens with one attached hydrogen (secondary N) is 1.